The van der Waals surface area contributed by atoms with Gasteiger partial charge in [0, 0.05) is 29.6 Å². The highest BCUT2D eigenvalue weighted by Gasteiger charge is 2.47. The molecular weight excluding hydrogens is 634 g/mol. The maximum Gasteiger partial charge on any atom is 0.408 e. The third-order valence-corrected chi connectivity index (χ3v) is 9.39. The van der Waals surface area contributed by atoms with Gasteiger partial charge in [0.05, 0.1) is 6.04 Å². The van der Waals surface area contributed by atoms with Crippen molar-refractivity contribution in [2.24, 2.45) is 11.3 Å². The van der Waals surface area contributed by atoms with E-state index in [1.807, 2.05) is 6.92 Å². The minimum atomic E-state index is -3.72. The van der Waals surface area contributed by atoms with Gasteiger partial charge < -0.3 is 26.0 Å². The predicted octanol–water partition coefficient (Wildman–Crippen LogP) is 4.95. The van der Waals surface area contributed by atoms with Gasteiger partial charge >= 0.3 is 12.0 Å². The molecule has 10 nitrogen and oxygen atoms in total. The van der Waals surface area contributed by atoms with E-state index in [0.717, 1.165) is 25.3 Å². The zero-order valence-corrected chi connectivity index (χ0v) is 27.2. The minimum Gasteiger partial charge on any atom is -0.434 e. The molecule has 0 bridgehead atoms. The molecule has 4 rings (SSSR count). The maximum absolute atomic E-state index is 16.0. The SMILES string of the molecule is CCNC(=O)C(=O)[C@H](C[C@@H]1CCNC1=O)NC(=O)[C@@H](CC1(CC)CCC1)NC(=O)O[C@@H](c1ccccc1)C(F)(F)c1cccc(Cl)c1. The molecule has 4 amide bonds. The number of ketones is 1. The molecule has 0 unspecified atom stereocenters. The summed E-state index contributed by atoms with van der Waals surface area (Å²) in [5.74, 6) is -7.26. The molecule has 1 saturated heterocycles. The number of alkyl carbamates (subject to hydrolysis) is 1. The highest BCUT2D eigenvalue weighted by Crippen LogP contribution is 2.48. The lowest BCUT2D eigenvalue weighted by Gasteiger charge is -2.43. The van der Waals surface area contributed by atoms with Crippen LogP contribution < -0.4 is 21.3 Å². The summed E-state index contributed by atoms with van der Waals surface area (Å²) in [6, 6.07) is 9.94. The second-order valence-electron chi connectivity index (χ2n) is 12.2. The van der Waals surface area contributed by atoms with Crippen LogP contribution in [0.3, 0.4) is 0 Å². The fourth-order valence-electron chi connectivity index (χ4n) is 6.19. The Morgan fingerprint density at radius 1 is 1.04 bits per heavy atom. The van der Waals surface area contributed by atoms with Gasteiger partial charge in [-0.25, -0.2) is 4.79 Å². The van der Waals surface area contributed by atoms with E-state index in [0.29, 0.717) is 19.4 Å². The third-order valence-electron chi connectivity index (χ3n) is 9.15. The molecule has 1 aliphatic heterocycles. The lowest BCUT2D eigenvalue weighted by molar-refractivity contribution is -0.141. The Morgan fingerprint density at radius 3 is 2.34 bits per heavy atom. The first kappa shape index (κ1) is 35.8. The van der Waals surface area contributed by atoms with Gasteiger partial charge in [-0.3, -0.25) is 19.2 Å². The quantitative estimate of drug-likeness (QED) is 0.197. The number of carbonyl (C=O) groups is 5. The van der Waals surface area contributed by atoms with E-state index >= 15 is 8.78 Å². The maximum atomic E-state index is 16.0. The lowest BCUT2D eigenvalue weighted by Crippen LogP contribution is -2.56. The molecule has 4 atom stereocenters. The highest BCUT2D eigenvalue weighted by molar-refractivity contribution is 6.38. The Balaban J connectivity index is 1.60. The van der Waals surface area contributed by atoms with Crippen molar-refractivity contribution < 1.29 is 37.5 Å². The van der Waals surface area contributed by atoms with Crippen molar-refractivity contribution in [3.63, 3.8) is 0 Å². The average Bonchev–Trinajstić information content (AvgIpc) is 3.44. The number of halogens is 3. The molecule has 254 valence electrons. The number of benzene rings is 2. The first-order chi connectivity index (χ1) is 22.4. The van der Waals surface area contributed by atoms with Crippen LogP contribution in [0.1, 0.15) is 76.0 Å². The number of hydrogen-bond acceptors (Lipinski definition) is 6. The third kappa shape index (κ3) is 8.85. The van der Waals surface area contributed by atoms with Crippen molar-refractivity contribution >= 4 is 41.2 Å². The smallest absolute Gasteiger partial charge is 0.408 e. The van der Waals surface area contributed by atoms with Crippen molar-refractivity contribution in [3.05, 3.63) is 70.7 Å². The number of ether oxygens (including phenoxy) is 1. The monoisotopic (exact) mass is 674 g/mol. The summed E-state index contributed by atoms with van der Waals surface area (Å²) < 4.78 is 37.4. The van der Waals surface area contributed by atoms with Crippen molar-refractivity contribution in [1.29, 1.82) is 0 Å². The molecule has 0 radical (unpaired) electrons. The molecule has 2 aromatic carbocycles. The van der Waals surface area contributed by atoms with Gasteiger partial charge in [-0.15, -0.1) is 0 Å². The molecule has 13 heteroatoms. The van der Waals surface area contributed by atoms with Gasteiger partial charge in [0.15, 0.2) is 6.10 Å². The summed E-state index contributed by atoms with van der Waals surface area (Å²) in [5.41, 5.74) is -0.758. The van der Waals surface area contributed by atoms with E-state index in [1.165, 1.54) is 42.5 Å². The van der Waals surface area contributed by atoms with Gasteiger partial charge in [0.25, 0.3) is 5.91 Å². The Morgan fingerprint density at radius 2 is 1.77 bits per heavy atom. The van der Waals surface area contributed by atoms with Crippen LogP contribution in [0.25, 0.3) is 0 Å². The van der Waals surface area contributed by atoms with Crippen molar-refractivity contribution in [1.82, 2.24) is 21.3 Å². The Labute approximate surface area is 277 Å². The van der Waals surface area contributed by atoms with Crippen molar-refractivity contribution in [3.8, 4) is 0 Å². The zero-order chi connectivity index (χ0) is 34.2. The van der Waals surface area contributed by atoms with E-state index in [1.54, 1.807) is 13.0 Å². The first-order valence-corrected chi connectivity index (χ1v) is 16.3. The average molecular weight is 675 g/mol. The molecule has 2 aliphatic rings. The predicted molar refractivity (Wildman–Crippen MR) is 170 cm³/mol. The molecule has 4 N–H and O–H groups in total. The number of rotatable bonds is 15. The molecule has 1 heterocycles. The number of Topliss-reactive ketones (excluding diaryl/α,β-unsaturated/α-hetero) is 1. The topological polar surface area (TPSA) is 143 Å². The number of alkyl halides is 2. The summed E-state index contributed by atoms with van der Waals surface area (Å²) in [5, 5.41) is 10.3. The normalized spacial score (nSPS) is 18.9. The Bertz CT molecular complexity index is 1450. The van der Waals surface area contributed by atoms with Gasteiger partial charge in [0.2, 0.25) is 17.6 Å². The Kier molecular flexibility index (Phi) is 11.9. The molecule has 0 spiro atoms. The van der Waals surface area contributed by atoms with Crippen LogP contribution in [-0.2, 0) is 29.8 Å². The van der Waals surface area contributed by atoms with Crippen molar-refractivity contribution in [2.75, 3.05) is 13.1 Å². The second-order valence-corrected chi connectivity index (χ2v) is 12.7. The molecule has 1 saturated carbocycles. The van der Waals surface area contributed by atoms with Gasteiger partial charge in [-0.05, 0) is 62.1 Å². The summed E-state index contributed by atoms with van der Waals surface area (Å²) in [4.78, 5) is 65.2. The number of likely N-dealkylation sites (N-methyl/N-ethyl adjacent to an activating group) is 1. The zero-order valence-electron chi connectivity index (χ0n) is 26.5. The summed E-state index contributed by atoms with van der Waals surface area (Å²) in [6.45, 7) is 4.17. The fourth-order valence-corrected chi connectivity index (χ4v) is 6.39. The second kappa shape index (κ2) is 15.7. The summed E-state index contributed by atoms with van der Waals surface area (Å²) in [7, 11) is 0. The molecule has 2 aromatic rings. The van der Waals surface area contributed by atoms with Crippen LogP contribution >= 0.6 is 11.6 Å². The fraction of sp³-hybridized carbons (Fsp3) is 0.500. The number of nitrogens with one attached hydrogen (secondary N) is 4. The van der Waals surface area contributed by atoms with Gasteiger partial charge in [-0.2, -0.15) is 8.78 Å². The van der Waals surface area contributed by atoms with Gasteiger partial charge in [0.1, 0.15) is 6.04 Å². The van der Waals surface area contributed by atoms with E-state index < -0.39 is 59.3 Å². The molecule has 1 aliphatic carbocycles. The van der Waals surface area contributed by atoms with Crippen LogP contribution in [0.2, 0.25) is 5.02 Å². The van der Waals surface area contributed by atoms with E-state index in [4.69, 9.17) is 16.3 Å². The van der Waals surface area contributed by atoms with Crippen LogP contribution in [0.4, 0.5) is 13.6 Å². The summed E-state index contributed by atoms with van der Waals surface area (Å²) in [6.07, 6.45) is 0.279. The minimum absolute atomic E-state index is 0.0140. The molecular formula is C34H41ClF2N4O6. The van der Waals surface area contributed by atoms with Crippen LogP contribution in [-0.4, -0.2) is 54.8 Å². The van der Waals surface area contributed by atoms with Crippen LogP contribution in [0, 0.1) is 11.3 Å². The molecule has 0 aromatic heterocycles. The van der Waals surface area contributed by atoms with E-state index in [9.17, 15) is 24.0 Å². The first-order valence-electron chi connectivity index (χ1n) is 15.9. The number of hydrogen-bond donors (Lipinski definition) is 4. The largest absolute Gasteiger partial charge is 0.434 e. The summed E-state index contributed by atoms with van der Waals surface area (Å²) >= 11 is 6.00. The van der Waals surface area contributed by atoms with Gasteiger partial charge in [-0.1, -0.05) is 73.8 Å². The number of amides is 4. The number of carbonyl (C=O) groups excluding carboxylic acids is 5. The molecule has 47 heavy (non-hydrogen) atoms. The lowest BCUT2D eigenvalue weighted by atomic mass is 9.63. The standard InChI is InChI=1S/C34H41ClF2N4O6/c1-3-33(15-9-16-33)20-26(30(44)40-25(27(42)31(45)38-4-2)18-22-14-17-39-29(22)43)41-32(46)47-28(21-10-6-5-7-11-21)34(36,37)23-12-8-13-24(35)19-23/h5-8,10-13,19,22,25-26,28H,3-4,9,14-18,20H2,1-2H3,(H,38,45)(H,39,43)(H,40,44)(H,41,46)/t22-,25-,26+,28-/m0/s1. The van der Waals surface area contributed by atoms with E-state index in [-0.39, 0.29) is 41.3 Å². The van der Waals surface area contributed by atoms with E-state index in [2.05, 4.69) is 21.3 Å². The Hall–Kier alpha value is -4.06. The van der Waals surface area contributed by atoms with Crippen LogP contribution in [0.15, 0.2) is 54.6 Å². The van der Waals surface area contributed by atoms with Crippen LogP contribution in [0.5, 0.6) is 0 Å². The van der Waals surface area contributed by atoms with Crippen molar-refractivity contribution in [2.45, 2.75) is 82.9 Å². The molecule has 2 fully saturated rings. The highest BCUT2D eigenvalue weighted by atomic mass is 35.5.